The third-order valence-corrected chi connectivity index (χ3v) is 5.63. The minimum Gasteiger partial charge on any atom is -0.493 e. The van der Waals surface area contributed by atoms with E-state index in [4.69, 9.17) is 14.2 Å². The average molecular weight is 367 g/mol. The number of hydrogen-bond acceptors (Lipinski definition) is 4. The van der Waals surface area contributed by atoms with E-state index >= 15 is 0 Å². The number of methoxy groups -OCH3 is 1. The van der Waals surface area contributed by atoms with Crippen LogP contribution in [0.5, 0.6) is 11.5 Å². The van der Waals surface area contributed by atoms with E-state index in [0.717, 1.165) is 24.8 Å². The Morgan fingerprint density at radius 1 is 1.11 bits per heavy atom. The van der Waals surface area contributed by atoms with Gasteiger partial charge >= 0.3 is 6.09 Å². The van der Waals surface area contributed by atoms with Gasteiger partial charge in [-0.1, -0.05) is 30.3 Å². The summed E-state index contributed by atoms with van der Waals surface area (Å²) in [5.41, 5.74) is 2.95. The van der Waals surface area contributed by atoms with Crippen LogP contribution in [0.15, 0.2) is 42.5 Å². The van der Waals surface area contributed by atoms with Crippen LogP contribution < -0.4 is 9.47 Å². The van der Waals surface area contributed by atoms with Crippen LogP contribution in [0.2, 0.25) is 0 Å². The molecule has 1 aliphatic carbocycles. The monoisotopic (exact) mass is 367 g/mol. The second-order valence-electron chi connectivity index (χ2n) is 7.55. The van der Waals surface area contributed by atoms with E-state index in [-0.39, 0.29) is 12.2 Å². The van der Waals surface area contributed by atoms with Crippen molar-refractivity contribution in [3.8, 4) is 11.5 Å². The molecule has 142 valence electrons. The maximum atomic E-state index is 12.0. The largest absolute Gasteiger partial charge is 0.493 e. The highest BCUT2D eigenvalue weighted by Gasteiger charge is 2.37. The standard InChI is InChI=1S/C22H25NO4/c1-22(10-11-23(2)21(24)27-22)17-8-9-19(25-3)20(14-17)26-18-12-15-6-4-5-7-16(15)13-18/h4-9,14,18H,10-13H2,1-3H3. The molecule has 0 bridgehead atoms. The molecule has 0 N–H and O–H groups in total. The minimum atomic E-state index is -0.660. The number of cyclic esters (lactones) is 1. The van der Waals surface area contributed by atoms with Gasteiger partial charge in [-0.2, -0.15) is 0 Å². The summed E-state index contributed by atoms with van der Waals surface area (Å²) in [5.74, 6) is 1.39. The van der Waals surface area contributed by atoms with Crippen molar-refractivity contribution in [2.24, 2.45) is 0 Å². The van der Waals surface area contributed by atoms with Gasteiger partial charge < -0.3 is 19.1 Å². The summed E-state index contributed by atoms with van der Waals surface area (Å²) in [5, 5.41) is 0. The molecule has 5 heteroatoms. The smallest absolute Gasteiger partial charge is 0.410 e. The molecule has 0 aromatic heterocycles. The molecular weight excluding hydrogens is 342 g/mol. The zero-order chi connectivity index (χ0) is 19.0. The highest BCUT2D eigenvalue weighted by atomic mass is 16.6. The van der Waals surface area contributed by atoms with Crippen molar-refractivity contribution in [2.75, 3.05) is 20.7 Å². The predicted octanol–water partition coefficient (Wildman–Crippen LogP) is 3.93. The van der Waals surface area contributed by atoms with Gasteiger partial charge in [0.15, 0.2) is 11.5 Å². The number of benzene rings is 2. The number of ether oxygens (including phenoxy) is 3. The molecule has 5 nitrogen and oxygen atoms in total. The molecule has 1 fully saturated rings. The minimum absolute atomic E-state index is 0.0828. The average Bonchev–Trinajstić information content (AvgIpc) is 3.07. The molecule has 0 saturated carbocycles. The number of nitrogens with zero attached hydrogens (tertiary/aromatic N) is 1. The summed E-state index contributed by atoms with van der Waals surface area (Å²) in [6.45, 7) is 2.62. The fourth-order valence-corrected chi connectivity index (χ4v) is 3.88. The van der Waals surface area contributed by atoms with Gasteiger partial charge in [-0.05, 0) is 35.7 Å². The van der Waals surface area contributed by atoms with Gasteiger partial charge in [0.05, 0.1) is 7.11 Å². The van der Waals surface area contributed by atoms with Gasteiger partial charge in [-0.25, -0.2) is 4.79 Å². The Hall–Kier alpha value is -2.69. The Labute approximate surface area is 159 Å². The lowest BCUT2D eigenvalue weighted by atomic mass is 9.90. The van der Waals surface area contributed by atoms with Crippen molar-refractivity contribution >= 4 is 6.09 Å². The zero-order valence-electron chi connectivity index (χ0n) is 16.0. The number of carbonyl (C=O) groups is 1. The molecule has 2 aromatic carbocycles. The highest BCUT2D eigenvalue weighted by Crippen LogP contribution is 2.39. The maximum absolute atomic E-state index is 12.0. The molecule has 1 saturated heterocycles. The van der Waals surface area contributed by atoms with E-state index in [9.17, 15) is 4.79 Å². The zero-order valence-corrected chi connectivity index (χ0v) is 16.0. The first-order valence-corrected chi connectivity index (χ1v) is 9.34. The Bertz CT molecular complexity index is 840. The molecule has 1 atom stereocenters. The van der Waals surface area contributed by atoms with Crippen LogP contribution in [0.3, 0.4) is 0 Å². The second-order valence-corrected chi connectivity index (χ2v) is 7.55. The lowest BCUT2D eigenvalue weighted by molar-refractivity contribution is -0.0352. The van der Waals surface area contributed by atoms with Crippen LogP contribution in [0.4, 0.5) is 4.79 Å². The van der Waals surface area contributed by atoms with Gasteiger partial charge in [0.25, 0.3) is 0 Å². The number of amides is 1. The quantitative estimate of drug-likeness (QED) is 0.822. The molecular formula is C22H25NO4. The van der Waals surface area contributed by atoms with E-state index in [1.54, 1.807) is 19.1 Å². The molecule has 1 amide bonds. The van der Waals surface area contributed by atoms with Gasteiger partial charge in [0.1, 0.15) is 11.7 Å². The third-order valence-electron chi connectivity index (χ3n) is 5.63. The fourth-order valence-electron chi connectivity index (χ4n) is 3.88. The molecule has 2 aromatic rings. The maximum Gasteiger partial charge on any atom is 0.410 e. The van der Waals surface area contributed by atoms with E-state index in [0.29, 0.717) is 18.0 Å². The SMILES string of the molecule is COc1ccc(C2(C)CCN(C)C(=O)O2)cc1OC1Cc2ccccc2C1. The predicted molar refractivity (Wildman–Crippen MR) is 102 cm³/mol. The van der Waals surface area contributed by atoms with Crippen LogP contribution in [0.1, 0.15) is 30.0 Å². The normalized spacial score (nSPS) is 22.3. The summed E-state index contributed by atoms with van der Waals surface area (Å²) < 4.78 is 17.5. The van der Waals surface area contributed by atoms with Crippen LogP contribution in [0.25, 0.3) is 0 Å². The highest BCUT2D eigenvalue weighted by molar-refractivity contribution is 5.69. The molecule has 4 rings (SSSR count). The van der Waals surface area contributed by atoms with Crippen LogP contribution in [-0.4, -0.2) is 37.8 Å². The molecule has 0 spiro atoms. The first-order valence-electron chi connectivity index (χ1n) is 9.34. The number of carbonyl (C=O) groups excluding carboxylic acids is 1. The molecule has 2 aliphatic rings. The number of rotatable bonds is 4. The summed E-state index contributed by atoms with van der Waals surface area (Å²) in [6.07, 6.45) is 2.30. The van der Waals surface area contributed by atoms with Gasteiger partial charge in [0, 0.05) is 32.9 Å². The topological polar surface area (TPSA) is 48.0 Å². The Balaban J connectivity index is 1.58. The Morgan fingerprint density at radius 3 is 2.44 bits per heavy atom. The Kier molecular flexibility index (Phi) is 4.46. The third kappa shape index (κ3) is 3.34. The van der Waals surface area contributed by atoms with Crippen LogP contribution in [0, 0.1) is 0 Å². The summed E-state index contributed by atoms with van der Waals surface area (Å²) in [6, 6.07) is 14.3. The van der Waals surface area contributed by atoms with Crippen molar-refractivity contribution in [3.05, 3.63) is 59.2 Å². The van der Waals surface area contributed by atoms with Gasteiger partial charge in [-0.3, -0.25) is 0 Å². The van der Waals surface area contributed by atoms with E-state index in [1.807, 2.05) is 25.1 Å². The van der Waals surface area contributed by atoms with Gasteiger partial charge in [0.2, 0.25) is 0 Å². The van der Waals surface area contributed by atoms with E-state index in [2.05, 4.69) is 24.3 Å². The summed E-state index contributed by atoms with van der Waals surface area (Å²) in [7, 11) is 3.39. The number of fused-ring (bicyclic) bond motifs is 1. The summed E-state index contributed by atoms with van der Waals surface area (Å²) in [4.78, 5) is 13.6. The number of hydrogen-bond donors (Lipinski definition) is 0. The second kappa shape index (κ2) is 6.80. The molecule has 1 aliphatic heterocycles. The van der Waals surface area contributed by atoms with Crippen molar-refractivity contribution in [3.63, 3.8) is 0 Å². The summed E-state index contributed by atoms with van der Waals surface area (Å²) >= 11 is 0. The van der Waals surface area contributed by atoms with E-state index in [1.165, 1.54) is 11.1 Å². The molecule has 1 unspecified atom stereocenters. The lowest BCUT2D eigenvalue weighted by Crippen LogP contribution is -2.44. The fraction of sp³-hybridized carbons (Fsp3) is 0.409. The molecule has 27 heavy (non-hydrogen) atoms. The van der Waals surface area contributed by atoms with E-state index < -0.39 is 5.60 Å². The van der Waals surface area contributed by atoms with Crippen molar-refractivity contribution in [1.82, 2.24) is 4.90 Å². The lowest BCUT2D eigenvalue weighted by Gasteiger charge is -2.38. The molecule has 1 heterocycles. The first kappa shape index (κ1) is 17.7. The first-order chi connectivity index (χ1) is 13.0. The van der Waals surface area contributed by atoms with Crippen LogP contribution in [-0.2, 0) is 23.2 Å². The Morgan fingerprint density at radius 2 is 1.81 bits per heavy atom. The van der Waals surface area contributed by atoms with Crippen LogP contribution >= 0.6 is 0 Å². The van der Waals surface area contributed by atoms with Crippen molar-refractivity contribution in [1.29, 1.82) is 0 Å². The van der Waals surface area contributed by atoms with Crippen molar-refractivity contribution < 1.29 is 19.0 Å². The molecule has 0 radical (unpaired) electrons. The van der Waals surface area contributed by atoms with Gasteiger partial charge in [-0.15, -0.1) is 0 Å². The van der Waals surface area contributed by atoms with Crippen molar-refractivity contribution in [2.45, 2.75) is 37.9 Å².